The van der Waals surface area contributed by atoms with Crippen molar-refractivity contribution in [1.82, 2.24) is 9.78 Å². The molecule has 1 saturated heterocycles. The molecule has 2 aliphatic rings. The monoisotopic (exact) mass is 238 g/mol. The maximum absolute atomic E-state index is 9.35. The van der Waals surface area contributed by atoms with E-state index in [0.29, 0.717) is 6.61 Å². The Balaban J connectivity index is 1.95. The van der Waals surface area contributed by atoms with Gasteiger partial charge in [0.1, 0.15) is 0 Å². The zero-order valence-corrected chi connectivity index (χ0v) is 9.89. The molecule has 0 spiro atoms. The molecule has 2 aliphatic heterocycles. The van der Waals surface area contributed by atoms with Crippen LogP contribution in [0.5, 0.6) is 0 Å². The number of aliphatic hydroxyl groups excluding tert-OH is 1. The molecule has 17 heavy (non-hydrogen) atoms. The third-order valence-electron chi connectivity index (χ3n) is 3.52. The van der Waals surface area contributed by atoms with Crippen LogP contribution in [-0.2, 0) is 29.1 Å². The highest BCUT2D eigenvalue weighted by molar-refractivity contribution is 5.27. The molecule has 1 aromatic heterocycles. The van der Waals surface area contributed by atoms with Crippen molar-refractivity contribution in [3.05, 3.63) is 17.0 Å². The van der Waals surface area contributed by atoms with E-state index in [1.165, 1.54) is 6.42 Å². The number of aliphatic hydroxyl groups is 1. The highest BCUT2D eigenvalue weighted by Crippen LogP contribution is 2.28. The molecule has 94 valence electrons. The second kappa shape index (κ2) is 4.76. The Morgan fingerprint density at radius 2 is 2.29 bits per heavy atom. The minimum atomic E-state index is 0.00204. The van der Waals surface area contributed by atoms with Crippen molar-refractivity contribution in [3.8, 4) is 0 Å². The second-order valence-electron chi connectivity index (χ2n) is 4.60. The fourth-order valence-corrected chi connectivity index (χ4v) is 2.62. The molecule has 1 fully saturated rings. The first kappa shape index (κ1) is 11.2. The topological polar surface area (TPSA) is 56.5 Å². The fourth-order valence-electron chi connectivity index (χ4n) is 2.62. The van der Waals surface area contributed by atoms with Crippen molar-refractivity contribution < 1.29 is 14.6 Å². The standard InChI is InChI=1S/C12H18N2O3/c15-7-10-9-4-6-16-8-11(9)14(13-10)12-3-1-2-5-17-12/h12,15H,1-8H2. The first-order chi connectivity index (χ1) is 8.40. The van der Waals surface area contributed by atoms with Crippen LogP contribution in [0.2, 0.25) is 0 Å². The summed E-state index contributed by atoms with van der Waals surface area (Å²) in [6.45, 7) is 2.11. The van der Waals surface area contributed by atoms with E-state index in [1.54, 1.807) is 0 Å². The average Bonchev–Trinajstić information content (AvgIpc) is 2.78. The Bertz CT molecular complexity index is 397. The van der Waals surface area contributed by atoms with E-state index in [1.807, 2.05) is 4.68 Å². The zero-order valence-electron chi connectivity index (χ0n) is 9.89. The number of hydrogen-bond donors (Lipinski definition) is 1. The van der Waals surface area contributed by atoms with Crippen LogP contribution in [0.3, 0.4) is 0 Å². The molecule has 0 amide bonds. The lowest BCUT2D eigenvalue weighted by Crippen LogP contribution is -2.23. The van der Waals surface area contributed by atoms with Crippen molar-refractivity contribution in [2.24, 2.45) is 0 Å². The van der Waals surface area contributed by atoms with Gasteiger partial charge >= 0.3 is 0 Å². The Hall–Kier alpha value is -0.910. The SMILES string of the molecule is OCc1nn(C2CCCCO2)c2c1CCOC2. The van der Waals surface area contributed by atoms with Gasteiger partial charge in [0.25, 0.3) is 0 Å². The zero-order chi connectivity index (χ0) is 11.7. The van der Waals surface area contributed by atoms with Crippen molar-refractivity contribution in [2.45, 2.75) is 45.1 Å². The predicted molar refractivity (Wildman–Crippen MR) is 60.3 cm³/mol. The molecule has 3 rings (SSSR count). The number of hydrogen-bond acceptors (Lipinski definition) is 4. The van der Waals surface area contributed by atoms with Crippen LogP contribution >= 0.6 is 0 Å². The van der Waals surface area contributed by atoms with Crippen LogP contribution in [0.25, 0.3) is 0 Å². The smallest absolute Gasteiger partial charge is 0.150 e. The Labute approximate surface area is 100 Å². The summed E-state index contributed by atoms with van der Waals surface area (Å²) in [6.07, 6.45) is 4.18. The normalized spacial score (nSPS) is 24.6. The van der Waals surface area contributed by atoms with Gasteiger partial charge in [0.05, 0.1) is 31.2 Å². The average molecular weight is 238 g/mol. The van der Waals surface area contributed by atoms with Gasteiger partial charge in [0.15, 0.2) is 6.23 Å². The Morgan fingerprint density at radius 1 is 1.35 bits per heavy atom. The van der Waals surface area contributed by atoms with Gasteiger partial charge in [-0.25, -0.2) is 4.68 Å². The van der Waals surface area contributed by atoms with Gasteiger partial charge < -0.3 is 14.6 Å². The van der Waals surface area contributed by atoms with E-state index in [-0.39, 0.29) is 12.8 Å². The van der Waals surface area contributed by atoms with Crippen LogP contribution in [0.4, 0.5) is 0 Å². The summed E-state index contributed by atoms with van der Waals surface area (Å²) in [6, 6.07) is 0. The van der Waals surface area contributed by atoms with Gasteiger partial charge in [-0.15, -0.1) is 0 Å². The van der Waals surface area contributed by atoms with Gasteiger partial charge in [-0.3, -0.25) is 0 Å². The summed E-state index contributed by atoms with van der Waals surface area (Å²) in [5, 5.41) is 13.8. The second-order valence-corrected chi connectivity index (χ2v) is 4.60. The van der Waals surface area contributed by atoms with Crippen molar-refractivity contribution >= 4 is 0 Å². The maximum Gasteiger partial charge on any atom is 0.150 e. The third-order valence-corrected chi connectivity index (χ3v) is 3.52. The number of aromatic nitrogens is 2. The summed E-state index contributed by atoms with van der Waals surface area (Å²) >= 11 is 0. The third kappa shape index (κ3) is 1.99. The summed E-state index contributed by atoms with van der Waals surface area (Å²) in [7, 11) is 0. The molecule has 0 bridgehead atoms. The van der Waals surface area contributed by atoms with Crippen LogP contribution in [0.15, 0.2) is 0 Å². The molecule has 5 nitrogen and oxygen atoms in total. The van der Waals surface area contributed by atoms with E-state index in [0.717, 1.165) is 49.4 Å². The van der Waals surface area contributed by atoms with Crippen molar-refractivity contribution in [2.75, 3.05) is 13.2 Å². The lowest BCUT2D eigenvalue weighted by molar-refractivity contribution is -0.0450. The molecule has 5 heteroatoms. The molecule has 1 unspecified atom stereocenters. The van der Waals surface area contributed by atoms with Crippen molar-refractivity contribution in [1.29, 1.82) is 0 Å². The first-order valence-corrected chi connectivity index (χ1v) is 6.29. The lowest BCUT2D eigenvalue weighted by atomic mass is 10.1. The Kier molecular flexibility index (Phi) is 3.13. The van der Waals surface area contributed by atoms with Crippen LogP contribution < -0.4 is 0 Å². The summed E-state index contributed by atoms with van der Waals surface area (Å²) in [5.41, 5.74) is 3.04. The molecule has 0 radical (unpaired) electrons. The van der Waals surface area contributed by atoms with E-state index >= 15 is 0 Å². The van der Waals surface area contributed by atoms with Gasteiger partial charge in [-0.2, -0.15) is 5.10 Å². The molecule has 0 saturated carbocycles. The molecule has 1 atom stereocenters. The molecule has 1 aromatic rings. The maximum atomic E-state index is 9.35. The molecule has 1 N–H and O–H groups in total. The summed E-state index contributed by atoms with van der Waals surface area (Å²) in [5.74, 6) is 0. The number of ether oxygens (including phenoxy) is 2. The van der Waals surface area contributed by atoms with Gasteiger partial charge in [0.2, 0.25) is 0 Å². The molecular weight excluding hydrogens is 220 g/mol. The van der Waals surface area contributed by atoms with Gasteiger partial charge in [-0.05, 0) is 25.7 Å². The lowest BCUT2D eigenvalue weighted by Gasteiger charge is -2.25. The Morgan fingerprint density at radius 3 is 3.06 bits per heavy atom. The van der Waals surface area contributed by atoms with Crippen LogP contribution in [0.1, 0.15) is 42.4 Å². The van der Waals surface area contributed by atoms with Gasteiger partial charge in [-0.1, -0.05) is 0 Å². The van der Waals surface area contributed by atoms with E-state index < -0.39 is 0 Å². The number of nitrogens with zero attached hydrogens (tertiary/aromatic N) is 2. The minimum Gasteiger partial charge on any atom is -0.390 e. The van der Waals surface area contributed by atoms with Crippen LogP contribution in [0, 0.1) is 0 Å². The van der Waals surface area contributed by atoms with Crippen molar-refractivity contribution in [3.63, 3.8) is 0 Å². The number of fused-ring (bicyclic) bond motifs is 1. The molecule has 0 aromatic carbocycles. The number of rotatable bonds is 2. The fraction of sp³-hybridized carbons (Fsp3) is 0.750. The largest absolute Gasteiger partial charge is 0.390 e. The molecule has 3 heterocycles. The van der Waals surface area contributed by atoms with E-state index in [9.17, 15) is 5.11 Å². The summed E-state index contributed by atoms with van der Waals surface area (Å²) in [4.78, 5) is 0. The first-order valence-electron chi connectivity index (χ1n) is 6.29. The van der Waals surface area contributed by atoms with E-state index in [4.69, 9.17) is 9.47 Å². The minimum absolute atomic E-state index is 0.00204. The van der Waals surface area contributed by atoms with Gasteiger partial charge in [0, 0.05) is 12.2 Å². The van der Waals surface area contributed by atoms with Crippen LogP contribution in [-0.4, -0.2) is 28.1 Å². The van der Waals surface area contributed by atoms with E-state index in [2.05, 4.69) is 5.10 Å². The molecular formula is C12H18N2O3. The summed E-state index contributed by atoms with van der Waals surface area (Å²) < 4.78 is 13.2. The quantitative estimate of drug-likeness (QED) is 0.839. The highest BCUT2D eigenvalue weighted by Gasteiger charge is 2.26. The molecule has 0 aliphatic carbocycles. The predicted octanol–water partition coefficient (Wildman–Crippen LogP) is 1.15. The highest BCUT2D eigenvalue weighted by atomic mass is 16.5.